The van der Waals surface area contributed by atoms with E-state index in [1.807, 2.05) is 73.6 Å². The van der Waals surface area contributed by atoms with Gasteiger partial charge in [0, 0.05) is 40.8 Å². The topological polar surface area (TPSA) is 107 Å². The maximum absolute atomic E-state index is 14.1. The zero-order valence-electron chi connectivity index (χ0n) is 27.7. The minimum absolute atomic E-state index is 0.0646. The fourth-order valence-electron chi connectivity index (χ4n) is 5.19. The molecule has 9 heteroatoms. The summed E-state index contributed by atoms with van der Waals surface area (Å²) in [4.78, 5) is 26.0. The van der Waals surface area contributed by atoms with Gasteiger partial charge >= 0.3 is 5.63 Å². The molecular weight excluding hydrogens is 588 g/mol. The zero-order valence-corrected chi connectivity index (χ0v) is 27.7. The summed E-state index contributed by atoms with van der Waals surface area (Å²) in [6, 6.07) is 15.1. The Balaban J connectivity index is 1.88. The van der Waals surface area contributed by atoms with Gasteiger partial charge in [0.1, 0.15) is 34.0 Å². The molecule has 2 heterocycles. The normalized spacial score (nSPS) is 11.7. The van der Waals surface area contributed by atoms with Gasteiger partial charge in [0.15, 0.2) is 22.5 Å². The quantitative estimate of drug-likeness (QED) is 0.133. The second kappa shape index (κ2) is 13.2. The molecule has 5 aromatic rings. The van der Waals surface area contributed by atoms with Gasteiger partial charge in [-0.25, -0.2) is 4.79 Å². The monoisotopic (exact) mass is 628 g/mol. The third-order valence-corrected chi connectivity index (χ3v) is 6.82. The molecule has 0 atom stereocenters. The Kier molecular flexibility index (Phi) is 9.32. The molecule has 0 fully saturated rings. The van der Waals surface area contributed by atoms with Crippen molar-refractivity contribution in [3.8, 4) is 51.2 Å². The van der Waals surface area contributed by atoms with E-state index < -0.39 is 5.63 Å². The van der Waals surface area contributed by atoms with Crippen LogP contribution in [0.3, 0.4) is 0 Å². The van der Waals surface area contributed by atoms with Crippen LogP contribution >= 0.6 is 0 Å². The number of benzene rings is 3. The molecule has 46 heavy (non-hydrogen) atoms. The highest BCUT2D eigenvalue weighted by molar-refractivity contribution is 6.03. The van der Waals surface area contributed by atoms with Gasteiger partial charge in [0.05, 0.1) is 37.1 Å². The van der Waals surface area contributed by atoms with E-state index in [0.717, 1.165) is 0 Å². The first kappa shape index (κ1) is 32.5. The Morgan fingerprint density at radius 2 is 1.22 bits per heavy atom. The largest absolute Gasteiger partial charge is 0.496 e. The highest BCUT2D eigenvalue weighted by Gasteiger charge is 2.26. The maximum Gasteiger partial charge on any atom is 0.336 e. The molecule has 0 bridgehead atoms. The van der Waals surface area contributed by atoms with Crippen molar-refractivity contribution in [3.63, 3.8) is 0 Å². The molecule has 9 nitrogen and oxygen atoms in total. The molecule has 0 aliphatic carbocycles. The first-order valence-corrected chi connectivity index (χ1v) is 15.4. The average molecular weight is 629 g/mol. The summed E-state index contributed by atoms with van der Waals surface area (Å²) in [5.74, 6) is 2.58. The lowest BCUT2D eigenvalue weighted by molar-refractivity contribution is 0.199. The van der Waals surface area contributed by atoms with Crippen molar-refractivity contribution < 1.29 is 32.5 Å². The number of fused-ring (bicyclic) bond motifs is 2. The number of rotatable bonds is 11. The van der Waals surface area contributed by atoms with Crippen LogP contribution in [0.15, 0.2) is 73.0 Å². The summed E-state index contributed by atoms with van der Waals surface area (Å²) >= 11 is 0. The molecule has 2 aromatic heterocycles. The van der Waals surface area contributed by atoms with Gasteiger partial charge in [0.25, 0.3) is 0 Å². The van der Waals surface area contributed by atoms with Crippen molar-refractivity contribution in [2.45, 2.75) is 79.8 Å². The summed E-state index contributed by atoms with van der Waals surface area (Å²) in [5.41, 5.74) is 1.50. The van der Waals surface area contributed by atoms with E-state index in [0.29, 0.717) is 62.2 Å². The second-order valence-corrected chi connectivity index (χ2v) is 12.1. The minimum atomic E-state index is -0.479. The summed E-state index contributed by atoms with van der Waals surface area (Å²) in [7, 11) is 1.52. The lowest BCUT2D eigenvalue weighted by Gasteiger charge is -2.21. The second-order valence-electron chi connectivity index (χ2n) is 12.1. The Bertz CT molecular complexity index is 2000. The smallest absolute Gasteiger partial charge is 0.336 e. The maximum atomic E-state index is 14.1. The van der Waals surface area contributed by atoms with Crippen molar-refractivity contribution >= 4 is 21.9 Å². The number of ether oxygens (including phenoxy) is 5. The van der Waals surface area contributed by atoms with Gasteiger partial charge in [-0.1, -0.05) is 0 Å². The number of hydrogen-bond acceptors (Lipinski definition) is 9. The molecule has 0 aliphatic rings. The van der Waals surface area contributed by atoms with Crippen LogP contribution in [0.4, 0.5) is 0 Å². The Labute approximate surface area is 267 Å². The molecule has 0 unspecified atom stereocenters. The van der Waals surface area contributed by atoms with Crippen molar-refractivity contribution in [1.82, 2.24) is 0 Å². The summed E-state index contributed by atoms with van der Waals surface area (Å²) in [6.45, 7) is 15.3. The Morgan fingerprint density at radius 3 is 1.87 bits per heavy atom. The van der Waals surface area contributed by atoms with E-state index in [-0.39, 0.29) is 40.8 Å². The average Bonchev–Trinajstić information content (AvgIpc) is 2.96. The number of methoxy groups -OCH3 is 1. The van der Waals surface area contributed by atoms with Crippen LogP contribution in [-0.2, 0) is 0 Å². The predicted molar refractivity (Wildman–Crippen MR) is 179 cm³/mol. The van der Waals surface area contributed by atoms with E-state index in [2.05, 4.69) is 0 Å². The summed E-state index contributed by atoms with van der Waals surface area (Å²) in [6.07, 6.45) is -0.643. The molecular formula is C37H40O9. The number of hydrogen-bond donors (Lipinski definition) is 0. The van der Waals surface area contributed by atoms with Gasteiger partial charge in [-0.05, 0) is 85.7 Å². The summed E-state index contributed by atoms with van der Waals surface area (Å²) < 4.78 is 42.5. The third kappa shape index (κ3) is 6.83. The van der Waals surface area contributed by atoms with Gasteiger partial charge in [-0.15, -0.1) is 0 Å². The first-order valence-electron chi connectivity index (χ1n) is 15.4. The minimum Gasteiger partial charge on any atom is -0.496 e. The molecule has 0 saturated heterocycles. The van der Waals surface area contributed by atoms with E-state index in [1.165, 1.54) is 19.2 Å². The molecule has 0 aliphatic heterocycles. The lowest BCUT2D eigenvalue weighted by Crippen LogP contribution is -2.13. The molecule has 3 aromatic carbocycles. The lowest BCUT2D eigenvalue weighted by atomic mass is 9.97. The van der Waals surface area contributed by atoms with Crippen LogP contribution in [0, 0.1) is 0 Å². The van der Waals surface area contributed by atoms with Crippen molar-refractivity contribution in [2.24, 2.45) is 0 Å². The van der Waals surface area contributed by atoms with Crippen molar-refractivity contribution in [1.29, 1.82) is 0 Å². The molecule has 0 saturated carbocycles. The van der Waals surface area contributed by atoms with Gasteiger partial charge in [0.2, 0.25) is 0 Å². The van der Waals surface area contributed by atoms with Crippen molar-refractivity contribution in [2.75, 3.05) is 7.11 Å². The zero-order chi connectivity index (χ0) is 33.3. The predicted octanol–water partition coefficient (Wildman–Crippen LogP) is 8.39. The molecule has 5 rings (SSSR count). The van der Waals surface area contributed by atoms with Crippen molar-refractivity contribution in [3.05, 3.63) is 75.2 Å². The molecule has 242 valence electrons. The Hall–Kier alpha value is -4.92. The fraction of sp³-hybridized carbons (Fsp3) is 0.351. The van der Waals surface area contributed by atoms with Gasteiger partial charge < -0.3 is 32.5 Å². The van der Waals surface area contributed by atoms with Gasteiger partial charge in [-0.3, -0.25) is 4.79 Å². The van der Waals surface area contributed by atoms with Gasteiger partial charge in [-0.2, -0.15) is 0 Å². The van der Waals surface area contributed by atoms with Crippen LogP contribution in [0.25, 0.3) is 44.4 Å². The third-order valence-electron chi connectivity index (χ3n) is 6.82. The first-order chi connectivity index (χ1) is 21.8. The highest BCUT2D eigenvalue weighted by atomic mass is 16.5. The molecule has 0 amide bonds. The van der Waals surface area contributed by atoms with Crippen LogP contribution < -0.4 is 34.7 Å². The standard InChI is InChI=1S/C37H40O9/c1-19(2)41-27-12-10-24(15-31(27)42-20(3)4)28-16-26(38)36-33(44-22(7)8)18-32(43-21(5)6)35(37(36)46-28)25-14-23-11-13-34(39)45-29(23)17-30(25)40-9/h10-22H,1-9H3. The van der Waals surface area contributed by atoms with Crippen LogP contribution in [0.1, 0.15) is 55.4 Å². The molecule has 0 radical (unpaired) electrons. The van der Waals surface area contributed by atoms with E-state index >= 15 is 0 Å². The van der Waals surface area contributed by atoms with E-state index in [4.69, 9.17) is 32.5 Å². The van der Waals surface area contributed by atoms with Crippen LogP contribution in [0.2, 0.25) is 0 Å². The molecule has 0 N–H and O–H groups in total. The van der Waals surface area contributed by atoms with Crippen LogP contribution in [-0.4, -0.2) is 31.5 Å². The van der Waals surface area contributed by atoms with Crippen LogP contribution in [0.5, 0.6) is 28.7 Å². The fourth-order valence-corrected chi connectivity index (χ4v) is 5.19. The summed E-state index contributed by atoms with van der Waals surface area (Å²) in [5, 5.41) is 0.903. The highest BCUT2D eigenvalue weighted by Crippen LogP contribution is 2.47. The van der Waals surface area contributed by atoms with E-state index in [1.54, 1.807) is 24.3 Å². The SMILES string of the molecule is COc1cc2oc(=O)ccc2cc1-c1c(OC(C)C)cc(OC(C)C)c2c(=O)cc(-c3ccc(OC(C)C)c(OC(C)C)c3)oc12. The van der Waals surface area contributed by atoms with E-state index in [9.17, 15) is 9.59 Å². The Morgan fingerprint density at radius 1 is 0.587 bits per heavy atom. The molecule has 0 spiro atoms.